The summed E-state index contributed by atoms with van der Waals surface area (Å²) in [5.41, 5.74) is 2.79. The predicted molar refractivity (Wildman–Crippen MR) is 98.7 cm³/mol. The lowest BCUT2D eigenvalue weighted by Gasteiger charge is -2.20. The molecule has 2 heterocycles. The number of nitrogens with one attached hydrogen (secondary N) is 1. The summed E-state index contributed by atoms with van der Waals surface area (Å²) in [4.78, 5) is 6.41. The third-order valence-corrected chi connectivity index (χ3v) is 5.33. The van der Waals surface area contributed by atoms with E-state index in [1.165, 1.54) is 48.6 Å². The monoisotopic (exact) mass is 329 g/mol. The van der Waals surface area contributed by atoms with Gasteiger partial charge >= 0.3 is 0 Å². The minimum Gasteiger partial charge on any atom is -0.308 e. The van der Waals surface area contributed by atoms with Gasteiger partial charge in [0.25, 0.3) is 0 Å². The van der Waals surface area contributed by atoms with Crippen LogP contribution in [-0.2, 0) is 19.6 Å². The molecule has 0 spiro atoms. The molecule has 124 valence electrons. The van der Waals surface area contributed by atoms with Crippen LogP contribution in [0.3, 0.4) is 0 Å². The summed E-state index contributed by atoms with van der Waals surface area (Å²) in [5, 5.41) is 5.64. The molecule has 2 aromatic rings. The third kappa shape index (κ3) is 5.43. The normalized spacial score (nSPS) is 17.3. The van der Waals surface area contributed by atoms with Crippen molar-refractivity contribution in [2.75, 3.05) is 33.2 Å². The van der Waals surface area contributed by atoms with Crippen LogP contribution in [0, 0.1) is 0 Å². The van der Waals surface area contributed by atoms with Gasteiger partial charge in [0, 0.05) is 37.6 Å². The molecule has 1 N–H and O–H groups in total. The highest BCUT2D eigenvalue weighted by Gasteiger charge is 2.12. The van der Waals surface area contributed by atoms with Crippen LogP contribution >= 0.6 is 11.3 Å². The number of hydrogen-bond acceptors (Lipinski definition) is 4. The first-order valence-corrected chi connectivity index (χ1v) is 9.39. The fraction of sp³-hybridized carbons (Fsp3) is 0.474. The van der Waals surface area contributed by atoms with Crippen LogP contribution in [0.5, 0.6) is 0 Å². The van der Waals surface area contributed by atoms with Gasteiger partial charge in [-0.3, -0.25) is 4.90 Å². The van der Waals surface area contributed by atoms with E-state index in [1.54, 1.807) is 0 Å². The van der Waals surface area contributed by atoms with Gasteiger partial charge in [0.1, 0.15) is 0 Å². The average Bonchev–Trinajstić information content (AvgIpc) is 2.99. The number of rotatable bonds is 6. The van der Waals surface area contributed by atoms with Crippen LogP contribution in [-0.4, -0.2) is 43.0 Å². The summed E-state index contributed by atoms with van der Waals surface area (Å²) < 4.78 is 0. The number of likely N-dealkylation sites (N-methyl/N-ethyl adjacent to an activating group) is 1. The summed E-state index contributed by atoms with van der Waals surface area (Å²) in [5.74, 6) is 0. The van der Waals surface area contributed by atoms with Crippen molar-refractivity contribution >= 4 is 11.3 Å². The molecule has 1 fully saturated rings. The molecule has 1 aliphatic heterocycles. The van der Waals surface area contributed by atoms with Gasteiger partial charge in [-0.25, -0.2) is 0 Å². The molecular weight excluding hydrogens is 302 g/mol. The zero-order valence-corrected chi connectivity index (χ0v) is 14.8. The highest BCUT2D eigenvalue weighted by atomic mass is 32.1. The van der Waals surface area contributed by atoms with E-state index in [9.17, 15) is 0 Å². The number of thiophene rings is 1. The Balaban J connectivity index is 1.45. The zero-order chi connectivity index (χ0) is 15.9. The Bertz CT molecular complexity index is 565. The lowest BCUT2D eigenvalue weighted by molar-refractivity contribution is 0.269. The van der Waals surface area contributed by atoms with E-state index >= 15 is 0 Å². The maximum Gasteiger partial charge on any atom is 0.0302 e. The van der Waals surface area contributed by atoms with Gasteiger partial charge in [0.05, 0.1) is 0 Å². The highest BCUT2D eigenvalue weighted by Crippen LogP contribution is 2.11. The van der Waals surface area contributed by atoms with E-state index in [4.69, 9.17) is 0 Å². The molecule has 0 atom stereocenters. The summed E-state index contributed by atoms with van der Waals surface area (Å²) in [6.45, 7) is 7.79. The molecule has 1 aromatic carbocycles. The molecule has 1 saturated heterocycles. The fourth-order valence-corrected chi connectivity index (χ4v) is 3.70. The molecule has 0 saturated carbocycles. The minimum atomic E-state index is 0.937. The van der Waals surface area contributed by atoms with Gasteiger partial charge in [-0.15, -0.1) is 11.3 Å². The number of nitrogens with zero attached hydrogens (tertiary/aromatic N) is 2. The molecule has 0 radical (unpaired) electrons. The molecule has 0 bridgehead atoms. The molecule has 3 nitrogen and oxygen atoms in total. The Morgan fingerprint density at radius 1 is 0.957 bits per heavy atom. The third-order valence-electron chi connectivity index (χ3n) is 4.45. The lowest BCUT2D eigenvalue weighted by Crippen LogP contribution is -2.28. The Morgan fingerprint density at radius 3 is 2.57 bits per heavy atom. The van der Waals surface area contributed by atoms with E-state index in [0.717, 1.165) is 19.6 Å². The van der Waals surface area contributed by atoms with Crippen LogP contribution in [0.15, 0.2) is 41.8 Å². The van der Waals surface area contributed by atoms with Crippen molar-refractivity contribution in [2.45, 2.75) is 26.1 Å². The van der Waals surface area contributed by atoms with E-state index in [1.807, 2.05) is 11.3 Å². The van der Waals surface area contributed by atoms with Crippen LogP contribution in [0.1, 0.15) is 22.4 Å². The largest absolute Gasteiger partial charge is 0.308 e. The second-order valence-electron chi connectivity index (χ2n) is 6.43. The molecule has 23 heavy (non-hydrogen) atoms. The molecule has 1 aliphatic rings. The Labute approximate surface area is 143 Å². The van der Waals surface area contributed by atoms with Gasteiger partial charge in [-0.2, -0.15) is 0 Å². The molecule has 0 aliphatic carbocycles. The van der Waals surface area contributed by atoms with E-state index in [0.29, 0.717) is 0 Å². The first kappa shape index (κ1) is 16.7. The highest BCUT2D eigenvalue weighted by molar-refractivity contribution is 7.09. The molecule has 0 amide bonds. The second kappa shape index (κ2) is 8.60. The minimum absolute atomic E-state index is 0.937. The lowest BCUT2D eigenvalue weighted by atomic mass is 10.1. The van der Waals surface area contributed by atoms with Crippen molar-refractivity contribution in [3.8, 4) is 0 Å². The standard InChI is InChI=1S/C19H27N3S/c1-21-9-3-10-22(12-11-21)16-18-7-5-17(6-8-18)14-20-15-19-4-2-13-23-19/h2,4-8,13,20H,3,9-12,14-16H2,1H3. The predicted octanol–water partition coefficient (Wildman–Crippen LogP) is 3.18. The molecule has 0 unspecified atom stereocenters. The second-order valence-corrected chi connectivity index (χ2v) is 7.46. The summed E-state index contributed by atoms with van der Waals surface area (Å²) in [6.07, 6.45) is 1.28. The van der Waals surface area contributed by atoms with Crippen molar-refractivity contribution in [1.82, 2.24) is 15.1 Å². The summed E-state index contributed by atoms with van der Waals surface area (Å²) >= 11 is 1.81. The van der Waals surface area contributed by atoms with Gasteiger partial charge < -0.3 is 10.2 Å². The SMILES string of the molecule is CN1CCCN(Cc2ccc(CNCc3cccs3)cc2)CC1. The summed E-state index contributed by atoms with van der Waals surface area (Å²) in [6, 6.07) is 13.4. The molecule has 1 aromatic heterocycles. The smallest absolute Gasteiger partial charge is 0.0302 e. The zero-order valence-electron chi connectivity index (χ0n) is 14.0. The van der Waals surface area contributed by atoms with Gasteiger partial charge in [-0.05, 0) is 49.1 Å². The van der Waals surface area contributed by atoms with E-state index in [-0.39, 0.29) is 0 Å². The Hall–Kier alpha value is -1.20. The van der Waals surface area contributed by atoms with Crippen molar-refractivity contribution in [2.24, 2.45) is 0 Å². The van der Waals surface area contributed by atoms with Crippen LogP contribution in [0.2, 0.25) is 0 Å². The number of hydrogen-bond donors (Lipinski definition) is 1. The Kier molecular flexibility index (Phi) is 6.22. The van der Waals surface area contributed by atoms with Gasteiger partial charge in [-0.1, -0.05) is 30.3 Å². The fourth-order valence-electron chi connectivity index (χ4n) is 3.02. The molecule has 3 rings (SSSR count). The van der Waals surface area contributed by atoms with Crippen LogP contribution in [0.4, 0.5) is 0 Å². The van der Waals surface area contributed by atoms with E-state index in [2.05, 4.69) is 63.9 Å². The first-order valence-electron chi connectivity index (χ1n) is 8.51. The number of benzene rings is 1. The van der Waals surface area contributed by atoms with Crippen LogP contribution in [0.25, 0.3) is 0 Å². The van der Waals surface area contributed by atoms with Crippen molar-refractivity contribution in [3.63, 3.8) is 0 Å². The maximum absolute atomic E-state index is 3.51. The maximum atomic E-state index is 3.51. The first-order chi connectivity index (χ1) is 11.3. The van der Waals surface area contributed by atoms with Gasteiger partial charge in [0.15, 0.2) is 0 Å². The molecular formula is C19H27N3S. The van der Waals surface area contributed by atoms with Crippen molar-refractivity contribution in [3.05, 3.63) is 57.8 Å². The van der Waals surface area contributed by atoms with E-state index < -0.39 is 0 Å². The van der Waals surface area contributed by atoms with Gasteiger partial charge in [0.2, 0.25) is 0 Å². The Morgan fingerprint density at radius 2 is 1.78 bits per heavy atom. The summed E-state index contributed by atoms with van der Waals surface area (Å²) in [7, 11) is 2.22. The average molecular weight is 330 g/mol. The topological polar surface area (TPSA) is 18.5 Å². The quantitative estimate of drug-likeness (QED) is 0.878. The van der Waals surface area contributed by atoms with Crippen LogP contribution < -0.4 is 5.32 Å². The van der Waals surface area contributed by atoms with Crippen molar-refractivity contribution in [1.29, 1.82) is 0 Å². The van der Waals surface area contributed by atoms with Crippen molar-refractivity contribution < 1.29 is 0 Å². The molecule has 4 heteroatoms.